The van der Waals surface area contributed by atoms with Crippen molar-refractivity contribution in [3.8, 4) is 0 Å². The lowest BCUT2D eigenvalue weighted by Crippen LogP contribution is -2.49. The predicted molar refractivity (Wildman–Crippen MR) is 130 cm³/mol. The molecule has 2 N–H and O–H groups in total. The van der Waals surface area contributed by atoms with E-state index in [1.807, 2.05) is 30.6 Å². The van der Waals surface area contributed by atoms with Crippen molar-refractivity contribution in [1.29, 1.82) is 0 Å². The first-order chi connectivity index (χ1) is 13.2. The van der Waals surface area contributed by atoms with Crippen molar-refractivity contribution >= 4 is 41.3 Å². The molecule has 1 aliphatic heterocycles. The summed E-state index contributed by atoms with van der Waals surface area (Å²) in [4.78, 5) is 12.8. The molecule has 154 valence electrons. The van der Waals surface area contributed by atoms with Crippen LogP contribution in [0.25, 0.3) is 0 Å². The number of guanidine groups is 1. The molecule has 2 aromatic rings. The van der Waals surface area contributed by atoms with Gasteiger partial charge in [0.15, 0.2) is 5.96 Å². The van der Waals surface area contributed by atoms with Crippen molar-refractivity contribution < 1.29 is 0 Å². The number of pyridine rings is 1. The molecule has 1 atom stereocenters. The highest BCUT2D eigenvalue weighted by Gasteiger charge is 2.20. The largest absolute Gasteiger partial charge is 0.356 e. The molecule has 0 aromatic carbocycles. The van der Waals surface area contributed by atoms with Gasteiger partial charge in [0.2, 0.25) is 0 Å². The number of thiophene rings is 1. The van der Waals surface area contributed by atoms with Gasteiger partial charge in [-0.05, 0) is 48.8 Å². The van der Waals surface area contributed by atoms with Crippen LogP contribution in [0.15, 0.2) is 46.9 Å². The van der Waals surface area contributed by atoms with Gasteiger partial charge in [-0.2, -0.15) is 0 Å². The predicted octanol–water partition coefficient (Wildman–Crippen LogP) is 3.77. The van der Waals surface area contributed by atoms with E-state index in [0.717, 1.165) is 57.1 Å². The first kappa shape index (κ1) is 23.1. The summed E-state index contributed by atoms with van der Waals surface area (Å²) in [6.07, 6.45) is 5.27. The molecule has 5 nitrogen and oxygen atoms in total. The van der Waals surface area contributed by atoms with E-state index in [1.54, 1.807) is 0 Å². The normalized spacial score (nSPS) is 17.0. The van der Waals surface area contributed by atoms with Gasteiger partial charge in [0, 0.05) is 50.3 Å². The van der Waals surface area contributed by atoms with Crippen molar-refractivity contribution in [1.82, 2.24) is 20.5 Å². The van der Waals surface area contributed by atoms with Crippen molar-refractivity contribution in [2.45, 2.75) is 38.8 Å². The van der Waals surface area contributed by atoms with E-state index in [1.165, 1.54) is 4.88 Å². The minimum absolute atomic E-state index is 0. The second kappa shape index (κ2) is 12.4. The molecule has 3 heterocycles. The maximum absolute atomic E-state index is 4.44. The molecule has 0 bridgehead atoms. The standard InChI is InChI=1S/C21H31N5S.HI/c1-17(14-20-7-5-13-27-20)15-24-21(22-2)25-18-8-11-26(12-9-18)16-19-6-3-4-10-23-19;/h3-7,10,13,17-18H,8-9,11-12,14-16H2,1-2H3,(H2,22,24,25);1H. The molecule has 0 spiro atoms. The van der Waals surface area contributed by atoms with Crippen LogP contribution in [-0.2, 0) is 13.0 Å². The van der Waals surface area contributed by atoms with E-state index < -0.39 is 0 Å². The molecule has 2 aromatic heterocycles. The van der Waals surface area contributed by atoms with Crippen molar-refractivity contribution in [3.05, 3.63) is 52.5 Å². The number of nitrogens with zero attached hydrogens (tertiary/aromatic N) is 3. The summed E-state index contributed by atoms with van der Waals surface area (Å²) in [6.45, 7) is 6.37. The van der Waals surface area contributed by atoms with Crippen LogP contribution in [0.4, 0.5) is 0 Å². The van der Waals surface area contributed by atoms with Crippen LogP contribution in [0, 0.1) is 5.92 Å². The van der Waals surface area contributed by atoms with Crippen molar-refractivity contribution in [2.24, 2.45) is 10.9 Å². The Bertz CT molecular complexity index is 684. The van der Waals surface area contributed by atoms with Gasteiger partial charge in [0.05, 0.1) is 5.69 Å². The van der Waals surface area contributed by atoms with Gasteiger partial charge in [-0.3, -0.25) is 14.9 Å². The molecule has 0 radical (unpaired) electrons. The molecule has 0 saturated carbocycles. The van der Waals surface area contributed by atoms with Crippen LogP contribution in [0.5, 0.6) is 0 Å². The van der Waals surface area contributed by atoms with E-state index in [2.05, 4.69) is 62.1 Å². The third kappa shape index (κ3) is 7.67. The van der Waals surface area contributed by atoms with Crippen molar-refractivity contribution in [3.63, 3.8) is 0 Å². The Labute approximate surface area is 190 Å². The van der Waals surface area contributed by atoms with Gasteiger partial charge in [-0.15, -0.1) is 35.3 Å². The zero-order valence-electron chi connectivity index (χ0n) is 16.8. The second-order valence-electron chi connectivity index (χ2n) is 7.36. The van der Waals surface area contributed by atoms with Crippen LogP contribution < -0.4 is 10.6 Å². The third-order valence-corrected chi connectivity index (χ3v) is 5.91. The Balaban J connectivity index is 0.00000280. The zero-order chi connectivity index (χ0) is 18.9. The Morgan fingerprint density at radius 2 is 2.11 bits per heavy atom. The number of likely N-dealkylation sites (tertiary alicyclic amines) is 1. The van der Waals surface area contributed by atoms with E-state index in [9.17, 15) is 0 Å². The molecular weight excluding hydrogens is 481 g/mol. The number of aliphatic imine (C=N–C) groups is 1. The molecule has 0 amide bonds. The molecular formula is C21H32IN5S. The maximum Gasteiger partial charge on any atom is 0.191 e. The lowest BCUT2D eigenvalue weighted by molar-refractivity contribution is 0.196. The Hall–Kier alpha value is -1.19. The second-order valence-corrected chi connectivity index (χ2v) is 8.39. The average Bonchev–Trinajstić information content (AvgIpc) is 3.20. The molecule has 0 aliphatic carbocycles. The fourth-order valence-corrected chi connectivity index (χ4v) is 4.33. The lowest BCUT2D eigenvalue weighted by atomic mass is 10.0. The Morgan fingerprint density at radius 3 is 2.75 bits per heavy atom. The zero-order valence-corrected chi connectivity index (χ0v) is 20.0. The summed E-state index contributed by atoms with van der Waals surface area (Å²) in [7, 11) is 1.86. The number of piperidine rings is 1. The smallest absolute Gasteiger partial charge is 0.191 e. The van der Waals surface area contributed by atoms with E-state index in [4.69, 9.17) is 0 Å². The van der Waals surface area contributed by atoms with E-state index in [0.29, 0.717) is 12.0 Å². The summed E-state index contributed by atoms with van der Waals surface area (Å²) >= 11 is 1.84. The molecule has 1 fully saturated rings. The number of rotatable bonds is 7. The number of aromatic nitrogens is 1. The minimum atomic E-state index is 0. The van der Waals surface area contributed by atoms with Crippen LogP contribution in [-0.4, -0.2) is 48.6 Å². The minimum Gasteiger partial charge on any atom is -0.356 e. The summed E-state index contributed by atoms with van der Waals surface area (Å²) < 4.78 is 0. The highest BCUT2D eigenvalue weighted by atomic mass is 127. The summed E-state index contributed by atoms with van der Waals surface area (Å²) in [6, 6.07) is 11.0. The van der Waals surface area contributed by atoms with E-state index in [-0.39, 0.29) is 24.0 Å². The number of halogens is 1. The van der Waals surface area contributed by atoms with Gasteiger partial charge in [0.1, 0.15) is 0 Å². The maximum atomic E-state index is 4.44. The van der Waals surface area contributed by atoms with Crippen LogP contribution in [0.2, 0.25) is 0 Å². The van der Waals surface area contributed by atoms with E-state index >= 15 is 0 Å². The highest BCUT2D eigenvalue weighted by molar-refractivity contribution is 14.0. The van der Waals surface area contributed by atoms with Gasteiger partial charge in [-0.1, -0.05) is 19.1 Å². The molecule has 3 rings (SSSR count). The fourth-order valence-electron chi connectivity index (χ4n) is 3.46. The van der Waals surface area contributed by atoms with Gasteiger partial charge in [0.25, 0.3) is 0 Å². The van der Waals surface area contributed by atoms with Gasteiger partial charge in [-0.25, -0.2) is 0 Å². The Morgan fingerprint density at radius 1 is 1.29 bits per heavy atom. The monoisotopic (exact) mass is 513 g/mol. The number of nitrogens with one attached hydrogen (secondary N) is 2. The molecule has 1 aliphatic rings. The first-order valence-corrected chi connectivity index (χ1v) is 10.7. The molecule has 7 heteroatoms. The van der Waals surface area contributed by atoms with Crippen molar-refractivity contribution in [2.75, 3.05) is 26.7 Å². The topological polar surface area (TPSA) is 52.6 Å². The quantitative estimate of drug-likeness (QED) is 0.336. The van der Waals surface area contributed by atoms with Crippen LogP contribution in [0.3, 0.4) is 0 Å². The average molecular weight is 513 g/mol. The fraction of sp³-hybridized carbons (Fsp3) is 0.524. The third-order valence-electron chi connectivity index (χ3n) is 5.01. The van der Waals surface area contributed by atoms with Gasteiger partial charge >= 0.3 is 0 Å². The number of hydrogen-bond donors (Lipinski definition) is 2. The summed E-state index contributed by atoms with van der Waals surface area (Å²) in [5.74, 6) is 1.51. The summed E-state index contributed by atoms with van der Waals surface area (Å²) in [5, 5.41) is 9.25. The Kier molecular flexibility index (Phi) is 10.2. The molecule has 1 saturated heterocycles. The highest BCUT2D eigenvalue weighted by Crippen LogP contribution is 2.14. The number of hydrogen-bond acceptors (Lipinski definition) is 4. The molecule has 1 unspecified atom stereocenters. The lowest BCUT2D eigenvalue weighted by Gasteiger charge is -2.33. The SMILES string of the molecule is CN=C(NCC(C)Cc1cccs1)NC1CCN(Cc2ccccn2)CC1.I. The first-order valence-electron chi connectivity index (χ1n) is 9.84. The summed E-state index contributed by atoms with van der Waals surface area (Å²) in [5.41, 5.74) is 1.15. The van der Waals surface area contributed by atoms with Crippen LogP contribution >= 0.6 is 35.3 Å². The molecule has 28 heavy (non-hydrogen) atoms. The van der Waals surface area contributed by atoms with Crippen LogP contribution in [0.1, 0.15) is 30.3 Å². The van der Waals surface area contributed by atoms with Gasteiger partial charge < -0.3 is 10.6 Å².